The van der Waals surface area contributed by atoms with E-state index < -0.39 is 17.9 Å². The molecule has 2 aromatic carbocycles. The number of rotatable bonds is 9. The van der Waals surface area contributed by atoms with Crippen molar-refractivity contribution in [3.63, 3.8) is 0 Å². The molecule has 36 heavy (non-hydrogen) atoms. The summed E-state index contributed by atoms with van der Waals surface area (Å²) in [5, 5.41) is 6.96. The highest BCUT2D eigenvalue weighted by atomic mass is 35.5. The van der Waals surface area contributed by atoms with Crippen LogP contribution in [0, 0.1) is 5.92 Å². The summed E-state index contributed by atoms with van der Waals surface area (Å²) in [6.07, 6.45) is 1.17. The molecule has 0 saturated heterocycles. The van der Waals surface area contributed by atoms with Crippen molar-refractivity contribution in [2.75, 3.05) is 0 Å². The van der Waals surface area contributed by atoms with Crippen LogP contribution < -0.4 is 10.7 Å². The molecule has 2 amide bonds. The fourth-order valence-corrected chi connectivity index (χ4v) is 3.48. The molecule has 188 valence electrons. The lowest BCUT2D eigenvalue weighted by Gasteiger charge is -2.20. The van der Waals surface area contributed by atoms with Gasteiger partial charge in [-0.25, -0.2) is 10.2 Å². The zero-order valence-electron chi connectivity index (χ0n) is 20.4. The standard InChI is InChI=1S/C27H28ClN3O5/c1-16(2)24(30-25(32)21-7-5-6-8-22(21)28)26(33)31-29-15-20-13-14-23(36-20)18-9-11-19(12-10-18)27(34)35-17(3)4/h5-17,24H,1-4H3,(H,30,32)(H,31,33)/b29-15-. The quantitative estimate of drug-likeness (QED) is 0.238. The molecule has 2 N–H and O–H groups in total. The summed E-state index contributed by atoms with van der Waals surface area (Å²) < 4.78 is 10.9. The average Bonchev–Trinajstić information content (AvgIpc) is 3.31. The Morgan fingerprint density at radius 3 is 2.31 bits per heavy atom. The maximum Gasteiger partial charge on any atom is 0.338 e. The second-order valence-corrected chi connectivity index (χ2v) is 9.05. The smallest absolute Gasteiger partial charge is 0.338 e. The summed E-state index contributed by atoms with van der Waals surface area (Å²) in [6, 6.07) is 16.1. The molecular weight excluding hydrogens is 482 g/mol. The average molecular weight is 510 g/mol. The highest BCUT2D eigenvalue weighted by Gasteiger charge is 2.25. The molecule has 0 spiro atoms. The van der Waals surface area contributed by atoms with E-state index in [4.69, 9.17) is 20.8 Å². The summed E-state index contributed by atoms with van der Waals surface area (Å²) in [5.74, 6) is -0.520. The molecule has 1 unspecified atom stereocenters. The number of hydrazone groups is 1. The molecule has 3 aromatic rings. The first-order chi connectivity index (χ1) is 17.2. The SMILES string of the molecule is CC(C)OC(=O)c1ccc(-c2ccc(/C=N\NC(=O)C(NC(=O)c3ccccc3Cl)C(C)C)o2)cc1. The van der Waals surface area contributed by atoms with Crippen LogP contribution in [0.2, 0.25) is 5.02 Å². The number of hydrogen-bond donors (Lipinski definition) is 2. The second-order valence-electron chi connectivity index (χ2n) is 8.64. The van der Waals surface area contributed by atoms with E-state index in [1.807, 2.05) is 13.8 Å². The van der Waals surface area contributed by atoms with Gasteiger partial charge in [-0.3, -0.25) is 9.59 Å². The first-order valence-electron chi connectivity index (χ1n) is 11.4. The van der Waals surface area contributed by atoms with Gasteiger partial charge in [-0.15, -0.1) is 0 Å². The van der Waals surface area contributed by atoms with Crippen LogP contribution in [0.1, 0.15) is 54.2 Å². The third kappa shape index (κ3) is 7.05. The van der Waals surface area contributed by atoms with Crippen LogP contribution in [0.4, 0.5) is 0 Å². The molecule has 8 nitrogen and oxygen atoms in total. The van der Waals surface area contributed by atoms with Gasteiger partial charge in [-0.1, -0.05) is 49.7 Å². The monoisotopic (exact) mass is 509 g/mol. The van der Waals surface area contributed by atoms with Crippen LogP contribution in [-0.2, 0) is 9.53 Å². The van der Waals surface area contributed by atoms with Crippen molar-refractivity contribution in [1.82, 2.24) is 10.7 Å². The van der Waals surface area contributed by atoms with E-state index in [0.717, 1.165) is 5.56 Å². The normalized spacial score (nSPS) is 12.1. The highest BCUT2D eigenvalue weighted by Crippen LogP contribution is 2.22. The molecule has 0 saturated carbocycles. The third-order valence-corrected chi connectivity index (χ3v) is 5.42. The first kappa shape index (κ1) is 26.7. The molecule has 0 bridgehead atoms. The molecule has 0 aliphatic rings. The number of furan rings is 1. The predicted octanol–water partition coefficient (Wildman–Crippen LogP) is 5.07. The van der Waals surface area contributed by atoms with E-state index in [-0.39, 0.29) is 23.6 Å². The molecule has 3 rings (SSSR count). The van der Waals surface area contributed by atoms with Gasteiger partial charge >= 0.3 is 5.97 Å². The van der Waals surface area contributed by atoms with Crippen molar-refractivity contribution in [3.05, 3.63) is 82.6 Å². The molecule has 1 aromatic heterocycles. The Labute approximate surface area is 214 Å². The van der Waals surface area contributed by atoms with E-state index in [2.05, 4.69) is 15.8 Å². The predicted molar refractivity (Wildman–Crippen MR) is 138 cm³/mol. The van der Waals surface area contributed by atoms with Gasteiger partial charge in [-0.05, 0) is 56.2 Å². The molecule has 0 fully saturated rings. The summed E-state index contributed by atoms with van der Waals surface area (Å²) in [6.45, 7) is 7.21. The fraction of sp³-hybridized carbons (Fsp3) is 0.259. The fourth-order valence-electron chi connectivity index (χ4n) is 3.26. The van der Waals surface area contributed by atoms with Gasteiger partial charge in [0, 0.05) is 5.56 Å². The lowest BCUT2D eigenvalue weighted by Crippen LogP contribution is -2.48. The summed E-state index contributed by atoms with van der Waals surface area (Å²) in [7, 11) is 0. The van der Waals surface area contributed by atoms with Crippen LogP contribution >= 0.6 is 11.6 Å². The number of nitrogens with one attached hydrogen (secondary N) is 2. The number of amides is 2. The zero-order valence-corrected chi connectivity index (χ0v) is 21.2. The van der Waals surface area contributed by atoms with Crippen molar-refractivity contribution >= 4 is 35.6 Å². The molecule has 0 aliphatic carbocycles. The lowest BCUT2D eigenvalue weighted by molar-refractivity contribution is -0.123. The Morgan fingerprint density at radius 1 is 0.972 bits per heavy atom. The Balaban J connectivity index is 1.60. The zero-order chi connectivity index (χ0) is 26.2. The number of carbonyl (C=O) groups excluding carboxylic acids is 3. The van der Waals surface area contributed by atoms with Gasteiger partial charge < -0.3 is 14.5 Å². The summed E-state index contributed by atoms with van der Waals surface area (Å²) >= 11 is 6.08. The molecule has 1 heterocycles. The summed E-state index contributed by atoms with van der Waals surface area (Å²) in [4.78, 5) is 37.2. The maximum absolute atomic E-state index is 12.7. The Bertz CT molecular complexity index is 1250. The first-order valence-corrected chi connectivity index (χ1v) is 11.8. The molecule has 0 radical (unpaired) electrons. The molecule has 1 atom stereocenters. The maximum atomic E-state index is 12.7. The number of hydrogen-bond acceptors (Lipinski definition) is 6. The van der Waals surface area contributed by atoms with Gasteiger partial charge in [-0.2, -0.15) is 5.10 Å². The van der Waals surface area contributed by atoms with E-state index >= 15 is 0 Å². The van der Waals surface area contributed by atoms with Crippen molar-refractivity contribution in [2.24, 2.45) is 11.0 Å². The minimum Gasteiger partial charge on any atom is -0.459 e. The van der Waals surface area contributed by atoms with E-state index in [1.165, 1.54) is 6.21 Å². The van der Waals surface area contributed by atoms with Crippen molar-refractivity contribution in [2.45, 2.75) is 39.8 Å². The minimum atomic E-state index is -0.820. The Hall–Kier alpha value is -3.91. The number of esters is 1. The van der Waals surface area contributed by atoms with E-state index in [1.54, 1.807) is 74.5 Å². The number of benzene rings is 2. The largest absolute Gasteiger partial charge is 0.459 e. The van der Waals surface area contributed by atoms with Gasteiger partial charge in [0.2, 0.25) is 0 Å². The van der Waals surface area contributed by atoms with Crippen LogP contribution in [-0.4, -0.2) is 36.1 Å². The number of halogens is 1. The topological polar surface area (TPSA) is 110 Å². The number of carbonyl (C=O) groups is 3. The Morgan fingerprint density at radius 2 is 1.67 bits per heavy atom. The molecule has 9 heteroatoms. The van der Waals surface area contributed by atoms with Crippen LogP contribution in [0.15, 0.2) is 70.2 Å². The van der Waals surface area contributed by atoms with E-state index in [9.17, 15) is 14.4 Å². The molecule has 0 aliphatic heterocycles. The van der Waals surface area contributed by atoms with Gasteiger partial charge in [0.15, 0.2) is 0 Å². The Kier molecular flexibility index (Phi) is 9.02. The third-order valence-electron chi connectivity index (χ3n) is 5.10. The van der Waals surface area contributed by atoms with Gasteiger partial charge in [0.05, 0.1) is 28.5 Å². The molecular formula is C27H28ClN3O5. The van der Waals surface area contributed by atoms with Crippen LogP contribution in [0.3, 0.4) is 0 Å². The summed E-state index contributed by atoms with van der Waals surface area (Å²) in [5.41, 5.74) is 3.94. The number of nitrogens with zero attached hydrogens (tertiary/aromatic N) is 1. The van der Waals surface area contributed by atoms with Gasteiger partial charge in [0.25, 0.3) is 11.8 Å². The van der Waals surface area contributed by atoms with Crippen LogP contribution in [0.25, 0.3) is 11.3 Å². The lowest BCUT2D eigenvalue weighted by atomic mass is 10.0. The van der Waals surface area contributed by atoms with Crippen molar-refractivity contribution in [1.29, 1.82) is 0 Å². The number of ether oxygens (including phenoxy) is 1. The highest BCUT2D eigenvalue weighted by molar-refractivity contribution is 6.33. The second kappa shape index (κ2) is 12.2. The van der Waals surface area contributed by atoms with Gasteiger partial charge in [0.1, 0.15) is 17.6 Å². The van der Waals surface area contributed by atoms with Crippen molar-refractivity contribution in [3.8, 4) is 11.3 Å². The van der Waals surface area contributed by atoms with Crippen LogP contribution in [0.5, 0.6) is 0 Å². The van der Waals surface area contributed by atoms with Crippen molar-refractivity contribution < 1.29 is 23.5 Å². The van der Waals surface area contributed by atoms with E-state index in [0.29, 0.717) is 22.1 Å². The minimum absolute atomic E-state index is 0.192.